The molecule has 1 N–H and O–H groups in total. The van der Waals surface area contributed by atoms with Gasteiger partial charge in [-0.2, -0.15) is 0 Å². The first-order valence-electron chi connectivity index (χ1n) is 6.60. The van der Waals surface area contributed by atoms with Gasteiger partial charge in [0.05, 0.1) is 12.3 Å². The maximum Gasteiger partial charge on any atom is 0.322 e. The molecule has 0 spiro atoms. The van der Waals surface area contributed by atoms with Gasteiger partial charge in [-0.25, -0.2) is 4.79 Å². The number of nitrogens with zero attached hydrogens (tertiary/aromatic N) is 1. The van der Waals surface area contributed by atoms with Crippen LogP contribution < -0.4 is 5.32 Å². The van der Waals surface area contributed by atoms with E-state index in [9.17, 15) is 4.79 Å². The number of hydrogen-bond donors (Lipinski definition) is 1. The highest BCUT2D eigenvalue weighted by atomic mass is 79.9. The van der Waals surface area contributed by atoms with Crippen LogP contribution in [0.4, 0.5) is 10.5 Å². The van der Waals surface area contributed by atoms with Gasteiger partial charge in [0.2, 0.25) is 0 Å². The van der Waals surface area contributed by atoms with E-state index in [2.05, 4.69) is 21.2 Å². The van der Waals surface area contributed by atoms with Crippen molar-refractivity contribution in [3.63, 3.8) is 0 Å². The lowest BCUT2D eigenvalue weighted by atomic mass is 10.2. The smallest absolute Gasteiger partial charge is 0.322 e. The van der Waals surface area contributed by atoms with Crippen molar-refractivity contribution in [3.05, 3.63) is 52.9 Å². The molecule has 1 aromatic carbocycles. The largest absolute Gasteiger partial charge is 0.467 e. The molecular formula is C15H15BrN2O2. The van der Waals surface area contributed by atoms with Crippen LogP contribution in [0.25, 0.3) is 0 Å². The van der Waals surface area contributed by atoms with Gasteiger partial charge in [0.1, 0.15) is 5.76 Å². The molecule has 1 aromatic heterocycles. The number of amides is 2. The molecular weight excluding hydrogens is 320 g/mol. The first-order valence-corrected chi connectivity index (χ1v) is 7.40. The number of likely N-dealkylation sites (tertiary alicyclic amines) is 1. The Balaban J connectivity index is 1.71. The van der Waals surface area contributed by atoms with E-state index in [1.165, 1.54) is 0 Å². The summed E-state index contributed by atoms with van der Waals surface area (Å²) < 4.78 is 6.43. The number of hydrogen-bond acceptors (Lipinski definition) is 2. The molecule has 1 saturated heterocycles. The van der Waals surface area contributed by atoms with Crippen LogP contribution >= 0.6 is 15.9 Å². The van der Waals surface area contributed by atoms with Gasteiger partial charge < -0.3 is 14.6 Å². The van der Waals surface area contributed by atoms with Gasteiger partial charge in [0.25, 0.3) is 0 Å². The molecule has 1 aliphatic rings. The zero-order valence-corrected chi connectivity index (χ0v) is 12.5. The molecule has 5 heteroatoms. The lowest BCUT2D eigenvalue weighted by Gasteiger charge is -2.23. The third-order valence-corrected chi connectivity index (χ3v) is 4.01. The summed E-state index contributed by atoms with van der Waals surface area (Å²) in [4.78, 5) is 14.2. The van der Waals surface area contributed by atoms with Crippen LogP contribution in [-0.4, -0.2) is 17.5 Å². The van der Waals surface area contributed by atoms with Crippen LogP contribution in [0.3, 0.4) is 0 Å². The summed E-state index contributed by atoms with van der Waals surface area (Å²) >= 11 is 3.38. The Labute approximate surface area is 125 Å². The number of rotatable bonds is 2. The minimum Gasteiger partial charge on any atom is -0.467 e. The summed E-state index contributed by atoms with van der Waals surface area (Å²) in [6, 6.07) is 11.3. The Morgan fingerprint density at radius 1 is 1.30 bits per heavy atom. The highest BCUT2D eigenvalue weighted by Crippen LogP contribution is 2.32. The van der Waals surface area contributed by atoms with Gasteiger partial charge in [-0.1, -0.05) is 15.9 Å². The maximum absolute atomic E-state index is 12.4. The normalized spacial score (nSPS) is 18.2. The summed E-state index contributed by atoms with van der Waals surface area (Å²) in [7, 11) is 0. The average molecular weight is 335 g/mol. The molecule has 1 aliphatic heterocycles. The quantitative estimate of drug-likeness (QED) is 0.883. The molecule has 3 rings (SSSR count). The van der Waals surface area contributed by atoms with E-state index in [1.54, 1.807) is 6.26 Å². The van der Waals surface area contributed by atoms with Crippen LogP contribution in [0.5, 0.6) is 0 Å². The molecule has 2 amide bonds. The third kappa shape index (κ3) is 2.72. The first kappa shape index (κ1) is 13.2. The van der Waals surface area contributed by atoms with E-state index < -0.39 is 0 Å². The van der Waals surface area contributed by atoms with Gasteiger partial charge in [-0.05, 0) is 49.2 Å². The SMILES string of the molecule is O=C(Nc1ccc(Br)cc1)N1CCC[C@@H]1c1ccco1. The van der Waals surface area contributed by atoms with Crippen molar-refractivity contribution in [1.29, 1.82) is 0 Å². The van der Waals surface area contributed by atoms with Crippen molar-refractivity contribution in [2.75, 3.05) is 11.9 Å². The number of anilines is 1. The number of furan rings is 1. The number of nitrogens with one attached hydrogen (secondary N) is 1. The van der Waals surface area contributed by atoms with E-state index in [1.807, 2.05) is 41.3 Å². The predicted molar refractivity (Wildman–Crippen MR) is 80.5 cm³/mol. The van der Waals surface area contributed by atoms with Crippen molar-refractivity contribution in [2.45, 2.75) is 18.9 Å². The minimum absolute atomic E-state index is 0.0421. The summed E-state index contributed by atoms with van der Waals surface area (Å²) in [5.41, 5.74) is 0.795. The van der Waals surface area contributed by atoms with Crippen LogP contribution in [0, 0.1) is 0 Å². The number of carbonyl (C=O) groups excluding carboxylic acids is 1. The molecule has 0 unspecified atom stereocenters. The van der Waals surface area contributed by atoms with Crippen molar-refractivity contribution >= 4 is 27.6 Å². The molecule has 0 saturated carbocycles. The van der Waals surface area contributed by atoms with E-state index in [0.717, 1.165) is 35.3 Å². The van der Waals surface area contributed by atoms with E-state index in [-0.39, 0.29) is 12.1 Å². The topological polar surface area (TPSA) is 45.5 Å². The number of benzene rings is 1. The van der Waals surface area contributed by atoms with Gasteiger partial charge in [0.15, 0.2) is 0 Å². The predicted octanol–water partition coefficient (Wildman–Crippen LogP) is 4.41. The fourth-order valence-corrected chi connectivity index (χ4v) is 2.78. The van der Waals surface area contributed by atoms with Crippen LogP contribution in [0.2, 0.25) is 0 Å². The summed E-state index contributed by atoms with van der Waals surface area (Å²) in [6.07, 6.45) is 3.60. The average Bonchev–Trinajstić information content (AvgIpc) is 3.11. The number of carbonyl (C=O) groups is 1. The number of halogens is 1. The summed E-state index contributed by atoms with van der Waals surface area (Å²) in [5.74, 6) is 0.855. The van der Waals surface area contributed by atoms with Crippen molar-refractivity contribution in [1.82, 2.24) is 4.90 Å². The second kappa shape index (κ2) is 5.71. The van der Waals surface area contributed by atoms with Gasteiger partial charge in [-0.3, -0.25) is 0 Å². The maximum atomic E-state index is 12.4. The zero-order chi connectivity index (χ0) is 13.9. The zero-order valence-electron chi connectivity index (χ0n) is 10.9. The summed E-state index contributed by atoms with van der Waals surface area (Å²) in [6.45, 7) is 0.758. The molecule has 0 bridgehead atoms. The monoisotopic (exact) mass is 334 g/mol. The first-order chi connectivity index (χ1) is 9.74. The fourth-order valence-electron chi connectivity index (χ4n) is 2.51. The highest BCUT2D eigenvalue weighted by molar-refractivity contribution is 9.10. The second-order valence-electron chi connectivity index (χ2n) is 4.80. The molecule has 2 heterocycles. The molecule has 0 aliphatic carbocycles. The molecule has 1 atom stereocenters. The Hall–Kier alpha value is -1.75. The fraction of sp³-hybridized carbons (Fsp3) is 0.267. The highest BCUT2D eigenvalue weighted by Gasteiger charge is 2.31. The van der Waals surface area contributed by atoms with Gasteiger partial charge >= 0.3 is 6.03 Å². The van der Waals surface area contributed by atoms with Crippen LogP contribution in [0.15, 0.2) is 51.6 Å². The minimum atomic E-state index is -0.0776. The van der Waals surface area contributed by atoms with Gasteiger partial charge in [0, 0.05) is 16.7 Å². The molecule has 4 nitrogen and oxygen atoms in total. The Morgan fingerprint density at radius 2 is 2.10 bits per heavy atom. The third-order valence-electron chi connectivity index (χ3n) is 3.48. The molecule has 1 fully saturated rings. The van der Waals surface area contributed by atoms with Crippen molar-refractivity contribution in [2.24, 2.45) is 0 Å². The van der Waals surface area contributed by atoms with Crippen molar-refractivity contribution < 1.29 is 9.21 Å². The number of urea groups is 1. The van der Waals surface area contributed by atoms with Crippen LogP contribution in [-0.2, 0) is 0 Å². The van der Waals surface area contributed by atoms with Gasteiger partial charge in [-0.15, -0.1) is 0 Å². The van der Waals surface area contributed by atoms with Crippen LogP contribution in [0.1, 0.15) is 24.6 Å². The Kier molecular flexibility index (Phi) is 3.78. The van der Waals surface area contributed by atoms with E-state index >= 15 is 0 Å². The lowest BCUT2D eigenvalue weighted by Crippen LogP contribution is -2.34. The van der Waals surface area contributed by atoms with E-state index in [4.69, 9.17) is 4.42 Å². The Morgan fingerprint density at radius 3 is 2.80 bits per heavy atom. The molecule has 20 heavy (non-hydrogen) atoms. The Bertz CT molecular complexity index is 580. The molecule has 0 radical (unpaired) electrons. The molecule has 2 aromatic rings. The second-order valence-corrected chi connectivity index (χ2v) is 5.72. The van der Waals surface area contributed by atoms with Crippen molar-refractivity contribution in [3.8, 4) is 0 Å². The molecule has 104 valence electrons. The standard InChI is InChI=1S/C15H15BrN2O2/c16-11-5-7-12(8-6-11)17-15(19)18-9-1-3-13(18)14-4-2-10-20-14/h2,4-8,10,13H,1,3,9H2,(H,17,19)/t13-/m1/s1. The lowest BCUT2D eigenvalue weighted by molar-refractivity contribution is 0.200. The summed E-state index contributed by atoms with van der Waals surface area (Å²) in [5, 5.41) is 2.93. The van der Waals surface area contributed by atoms with E-state index in [0.29, 0.717) is 0 Å².